The maximum absolute atomic E-state index is 13.1. The number of amides is 1. The summed E-state index contributed by atoms with van der Waals surface area (Å²) in [5.74, 6) is -1.99. The maximum Gasteiger partial charge on any atom is 0.228 e. The molecule has 0 N–H and O–H groups in total. The standard InChI is InChI=1S/C19H17ClFNO3/c1-4-13(10-9-11(2)21)22(12(3)23)17-16(20)18(24)14-7-5-6-8-15(14)19(17)25/h5-10H,4H2,1-3H3. The molecule has 0 aliphatic heterocycles. The first-order valence-corrected chi connectivity index (χ1v) is 8.09. The van der Waals surface area contributed by atoms with Crippen molar-refractivity contribution >= 4 is 29.1 Å². The van der Waals surface area contributed by atoms with Gasteiger partial charge in [-0.3, -0.25) is 19.3 Å². The third kappa shape index (κ3) is 3.61. The Kier molecular flexibility index (Phi) is 5.69. The summed E-state index contributed by atoms with van der Waals surface area (Å²) < 4.78 is 13.1. The molecule has 1 amide bonds. The lowest BCUT2D eigenvalue weighted by Gasteiger charge is -2.29. The van der Waals surface area contributed by atoms with Gasteiger partial charge in [0.1, 0.15) is 10.7 Å². The number of allylic oxidation sites excluding steroid dienone is 6. The first-order chi connectivity index (χ1) is 11.8. The Morgan fingerprint density at radius 1 is 1.12 bits per heavy atom. The minimum atomic E-state index is -0.522. The fourth-order valence-electron chi connectivity index (χ4n) is 2.60. The highest BCUT2D eigenvalue weighted by Crippen LogP contribution is 2.33. The number of Topliss-reactive ketones (excluding diaryl/α,β-unsaturated/α-hetero) is 2. The molecule has 0 spiro atoms. The molecule has 0 atom stereocenters. The van der Waals surface area contributed by atoms with E-state index in [-0.39, 0.29) is 21.9 Å². The highest BCUT2D eigenvalue weighted by atomic mass is 35.5. The van der Waals surface area contributed by atoms with Crippen LogP contribution in [0.2, 0.25) is 0 Å². The summed E-state index contributed by atoms with van der Waals surface area (Å²) in [5.41, 5.74) is 0.547. The zero-order valence-electron chi connectivity index (χ0n) is 14.1. The number of fused-ring (bicyclic) bond motifs is 1. The van der Waals surface area contributed by atoms with Crippen molar-refractivity contribution in [2.24, 2.45) is 0 Å². The van der Waals surface area contributed by atoms with Gasteiger partial charge < -0.3 is 0 Å². The Hall–Kier alpha value is -2.53. The molecule has 4 nitrogen and oxygen atoms in total. The van der Waals surface area contributed by atoms with E-state index in [9.17, 15) is 18.8 Å². The van der Waals surface area contributed by atoms with Crippen molar-refractivity contribution in [3.63, 3.8) is 0 Å². The topological polar surface area (TPSA) is 54.5 Å². The highest BCUT2D eigenvalue weighted by molar-refractivity contribution is 6.50. The van der Waals surface area contributed by atoms with Crippen LogP contribution in [0.5, 0.6) is 0 Å². The third-order valence-electron chi connectivity index (χ3n) is 3.73. The number of ketones is 2. The van der Waals surface area contributed by atoms with Crippen LogP contribution in [0, 0.1) is 0 Å². The van der Waals surface area contributed by atoms with Crippen molar-refractivity contribution in [1.29, 1.82) is 0 Å². The lowest BCUT2D eigenvalue weighted by atomic mass is 9.91. The van der Waals surface area contributed by atoms with Crippen LogP contribution in [0.4, 0.5) is 4.39 Å². The van der Waals surface area contributed by atoms with E-state index < -0.39 is 23.3 Å². The van der Waals surface area contributed by atoms with Gasteiger partial charge in [-0.15, -0.1) is 0 Å². The van der Waals surface area contributed by atoms with Crippen molar-refractivity contribution in [2.45, 2.75) is 27.2 Å². The van der Waals surface area contributed by atoms with Crippen molar-refractivity contribution in [2.75, 3.05) is 0 Å². The molecule has 25 heavy (non-hydrogen) atoms. The molecule has 6 heteroatoms. The molecular weight excluding hydrogens is 345 g/mol. The number of carbonyl (C=O) groups is 3. The van der Waals surface area contributed by atoms with Gasteiger partial charge in [0.2, 0.25) is 17.5 Å². The van der Waals surface area contributed by atoms with Crippen LogP contribution < -0.4 is 0 Å². The fraction of sp³-hybridized carbons (Fsp3) is 0.211. The van der Waals surface area contributed by atoms with Gasteiger partial charge in [0.15, 0.2) is 0 Å². The van der Waals surface area contributed by atoms with E-state index in [0.717, 1.165) is 4.90 Å². The number of hydrogen-bond donors (Lipinski definition) is 0. The van der Waals surface area contributed by atoms with Gasteiger partial charge in [-0.05, 0) is 25.5 Å². The Morgan fingerprint density at radius 2 is 1.68 bits per heavy atom. The molecule has 1 aromatic rings. The monoisotopic (exact) mass is 361 g/mol. The van der Waals surface area contributed by atoms with Crippen LogP contribution >= 0.6 is 11.6 Å². The van der Waals surface area contributed by atoms with E-state index in [1.54, 1.807) is 19.1 Å². The Balaban J connectivity index is 2.66. The summed E-state index contributed by atoms with van der Waals surface area (Å²) in [6, 6.07) is 6.29. The van der Waals surface area contributed by atoms with Crippen LogP contribution in [0.25, 0.3) is 0 Å². The summed E-state index contributed by atoms with van der Waals surface area (Å²) in [5, 5.41) is -0.320. The lowest BCUT2D eigenvalue weighted by Crippen LogP contribution is -2.35. The minimum absolute atomic E-state index is 0.186. The number of carbonyl (C=O) groups excluding carboxylic acids is 3. The Bertz CT molecular complexity index is 848. The molecule has 0 fully saturated rings. The Labute approximate surface area is 150 Å². The predicted molar refractivity (Wildman–Crippen MR) is 93.7 cm³/mol. The SMILES string of the molecule is CCC(=CC=C(C)F)N(C(C)=O)C1=C(Cl)C(=O)c2ccccc2C1=O. The molecular formula is C19H17ClFNO3. The summed E-state index contributed by atoms with van der Waals surface area (Å²) in [4.78, 5) is 38.7. The van der Waals surface area contributed by atoms with Crippen molar-refractivity contribution < 1.29 is 18.8 Å². The average Bonchev–Trinajstić information content (AvgIpc) is 2.58. The second-order valence-electron chi connectivity index (χ2n) is 5.49. The summed E-state index contributed by atoms with van der Waals surface area (Å²) in [7, 11) is 0. The number of halogens is 2. The molecule has 0 unspecified atom stereocenters. The molecule has 0 bridgehead atoms. The number of rotatable bonds is 4. The van der Waals surface area contributed by atoms with E-state index in [1.807, 2.05) is 0 Å². The minimum Gasteiger partial charge on any atom is -0.287 e. The van der Waals surface area contributed by atoms with Gasteiger partial charge in [-0.2, -0.15) is 0 Å². The van der Waals surface area contributed by atoms with Crippen molar-refractivity contribution in [3.05, 3.63) is 69.8 Å². The first-order valence-electron chi connectivity index (χ1n) is 7.71. The molecule has 1 aliphatic rings. The van der Waals surface area contributed by atoms with Crippen LogP contribution in [0.1, 0.15) is 47.9 Å². The van der Waals surface area contributed by atoms with Crippen LogP contribution in [0.15, 0.2) is 58.7 Å². The second-order valence-corrected chi connectivity index (χ2v) is 5.86. The number of hydrogen-bond acceptors (Lipinski definition) is 3. The average molecular weight is 362 g/mol. The van der Waals surface area contributed by atoms with Gasteiger partial charge in [0.25, 0.3) is 0 Å². The molecule has 0 aromatic heterocycles. The van der Waals surface area contributed by atoms with Gasteiger partial charge >= 0.3 is 0 Å². The molecule has 0 radical (unpaired) electrons. The smallest absolute Gasteiger partial charge is 0.228 e. The second kappa shape index (κ2) is 7.57. The summed E-state index contributed by atoms with van der Waals surface area (Å²) in [6.07, 6.45) is 2.92. The molecule has 0 heterocycles. The predicted octanol–water partition coefficient (Wildman–Crippen LogP) is 4.53. The first kappa shape index (κ1) is 18.8. The zero-order valence-corrected chi connectivity index (χ0v) is 14.9. The van der Waals surface area contributed by atoms with Crippen LogP contribution in [0.3, 0.4) is 0 Å². The van der Waals surface area contributed by atoms with E-state index in [2.05, 4.69) is 0 Å². The molecule has 2 rings (SSSR count). The van der Waals surface area contributed by atoms with Crippen LogP contribution in [-0.2, 0) is 4.79 Å². The number of benzene rings is 1. The molecule has 130 valence electrons. The van der Waals surface area contributed by atoms with E-state index in [4.69, 9.17) is 11.6 Å². The van der Waals surface area contributed by atoms with Gasteiger partial charge in [0.05, 0.1) is 5.83 Å². The normalized spacial score (nSPS) is 15.4. The molecule has 1 aliphatic carbocycles. The Morgan fingerprint density at radius 3 is 2.16 bits per heavy atom. The van der Waals surface area contributed by atoms with Gasteiger partial charge in [-0.1, -0.05) is 42.8 Å². The number of nitrogens with zero attached hydrogens (tertiary/aromatic N) is 1. The molecule has 1 aromatic carbocycles. The van der Waals surface area contributed by atoms with Crippen LogP contribution in [-0.4, -0.2) is 22.4 Å². The van der Waals surface area contributed by atoms with E-state index in [0.29, 0.717) is 12.1 Å². The third-order valence-corrected chi connectivity index (χ3v) is 4.08. The van der Waals surface area contributed by atoms with Crippen molar-refractivity contribution in [3.8, 4) is 0 Å². The fourth-order valence-corrected chi connectivity index (χ4v) is 2.87. The largest absolute Gasteiger partial charge is 0.287 e. The summed E-state index contributed by atoms with van der Waals surface area (Å²) >= 11 is 6.16. The lowest BCUT2D eigenvalue weighted by molar-refractivity contribution is -0.125. The van der Waals surface area contributed by atoms with Crippen molar-refractivity contribution in [1.82, 2.24) is 4.90 Å². The van der Waals surface area contributed by atoms with E-state index in [1.165, 1.54) is 38.1 Å². The summed E-state index contributed by atoms with van der Waals surface area (Å²) in [6.45, 7) is 4.27. The molecule has 0 saturated carbocycles. The van der Waals surface area contributed by atoms with Gasteiger partial charge in [0, 0.05) is 23.7 Å². The zero-order chi connectivity index (χ0) is 18.7. The highest BCUT2D eigenvalue weighted by Gasteiger charge is 2.36. The van der Waals surface area contributed by atoms with E-state index >= 15 is 0 Å². The quantitative estimate of drug-likeness (QED) is 0.740. The van der Waals surface area contributed by atoms with Gasteiger partial charge in [-0.25, -0.2) is 4.39 Å². The maximum atomic E-state index is 13.1. The molecule has 0 saturated heterocycles.